The van der Waals surface area contributed by atoms with Crippen molar-refractivity contribution < 1.29 is 14.4 Å². The van der Waals surface area contributed by atoms with Gasteiger partial charge >= 0.3 is 5.97 Å². The van der Waals surface area contributed by atoms with Crippen molar-refractivity contribution >= 4 is 11.7 Å². The van der Waals surface area contributed by atoms with Crippen molar-refractivity contribution in [3.63, 3.8) is 0 Å². The van der Waals surface area contributed by atoms with E-state index in [1.807, 2.05) is 18.2 Å². The van der Waals surface area contributed by atoms with E-state index in [1.54, 1.807) is 19.1 Å². The zero-order valence-electron chi connectivity index (χ0n) is 12.8. The first-order chi connectivity index (χ1) is 10.2. The van der Waals surface area contributed by atoms with E-state index in [0.29, 0.717) is 12.3 Å². The predicted octanol–water partition coefficient (Wildman–Crippen LogP) is 4.60. The molecule has 5 heteroatoms. The van der Waals surface area contributed by atoms with Crippen molar-refractivity contribution in [2.24, 2.45) is 10.4 Å². The van der Waals surface area contributed by atoms with Crippen LogP contribution in [-0.2, 0) is 14.4 Å². The quantitative estimate of drug-likeness (QED) is 0.359. The van der Waals surface area contributed by atoms with Gasteiger partial charge in [-0.1, -0.05) is 50.8 Å². The van der Waals surface area contributed by atoms with Crippen LogP contribution in [0.25, 0.3) is 0 Å². The molecule has 5 nitrogen and oxygen atoms in total. The molecule has 1 aromatic rings. The molecule has 0 aliphatic heterocycles. The number of rotatable bonds is 10. The SMILES string of the molecule is CCCCCCCOC(C)C(=O)O/N=N/c1ccccc1. The third kappa shape index (κ3) is 8.19. The van der Waals surface area contributed by atoms with E-state index in [1.165, 1.54) is 19.3 Å². The normalized spacial score (nSPS) is 12.5. The highest BCUT2D eigenvalue weighted by molar-refractivity contribution is 5.73. The van der Waals surface area contributed by atoms with Gasteiger partial charge in [0.05, 0.1) is 5.69 Å². The average Bonchev–Trinajstić information content (AvgIpc) is 2.51. The summed E-state index contributed by atoms with van der Waals surface area (Å²) in [5.41, 5.74) is 0.634. The first-order valence-electron chi connectivity index (χ1n) is 7.52. The van der Waals surface area contributed by atoms with Crippen LogP contribution in [0.2, 0.25) is 0 Å². The smallest absolute Gasteiger partial charge is 0.365 e. The number of ether oxygens (including phenoxy) is 1. The molecule has 0 amide bonds. The fraction of sp³-hybridized carbons (Fsp3) is 0.562. The minimum absolute atomic E-state index is 0.525. The summed E-state index contributed by atoms with van der Waals surface area (Å²) in [5, 5.41) is 7.21. The van der Waals surface area contributed by atoms with Gasteiger partial charge in [-0.05, 0) is 25.5 Å². The third-order valence-electron chi connectivity index (χ3n) is 2.99. The number of hydrogen-bond donors (Lipinski definition) is 0. The molecule has 0 N–H and O–H groups in total. The molecule has 1 unspecified atom stereocenters. The van der Waals surface area contributed by atoms with E-state index in [4.69, 9.17) is 9.57 Å². The van der Waals surface area contributed by atoms with Crippen LogP contribution in [0.1, 0.15) is 46.0 Å². The Morgan fingerprint density at radius 3 is 2.57 bits per heavy atom. The molecule has 0 aliphatic rings. The second-order valence-corrected chi connectivity index (χ2v) is 4.85. The number of carbonyl (C=O) groups is 1. The minimum Gasteiger partial charge on any atom is -0.367 e. The second-order valence-electron chi connectivity index (χ2n) is 4.85. The lowest BCUT2D eigenvalue weighted by molar-refractivity contribution is -0.157. The molecule has 0 fully saturated rings. The maximum atomic E-state index is 11.6. The summed E-state index contributed by atoms with van der Waals surface area (Å²) in [6.45, 7) is 4.40. The molecule has 0 spiro atoms. The van der Waals surface area contributed by atoms with Crippen molar-refractivity contribution in [3.8, 4) is 0 Å². The summed E-state index contributed by atoms with van der Waals surface area (Å²) in [4.78, 5) is 16.3. The van der Waals surface area contributed by atoms with Gasteiger partial charge in [-0.2, -0.15) is 0 Å². The van der Waals surface area contributed by atoms with Gasteiger partial charge in [0.25, 0.3) is 0 Å². The number of carbonyl (C=O) groups excluding carboxylic acids is 1. The summed E-state index contributed by atoms with van der Waals surface area (Å²) in [5.74, 6) is -0.525. The van der Waals surface area contributed by atoms with Crippen LogP contribution in [-0.4, -0.2) is 18.7 Å². The van der Waals surface area contributed by atoms with E-state index in [-0.39, 0.29) is 0 Å². The Balaban J connectivity index is 2.15. The van der Waals surface area contributed by atoms with Gasteiger partial charge in [0, 0.05) is 11.9 Å². The van der Waals surface area contributed by atoms with Gasteiger partial charge in [0.1, 0.15) is 0 Å². The predicted molar refractivity (Wildman–Crippen MR) is 81.2 cm³/mol. The van der Waals surface area contributed by atoms with Crippen molar-refractivity contribution in [2.45, 2.75) is 52.1 Å². The molecule has 1 atom stereocenters. The van der Waals surface area contributed by atoms with Crippen molar-refractivity contribution in [3.05, 3.63) is 30.3 Å². The van der Waals surface area contributed by atoms with Crippen molar-refractivity contribution in [1.29, 1.82) is 0 Å². The monoisotopic (exact) mass is 292 g/mol. The molecular formula is C16H24N2O3. The average molecular weight is 292 g/mol. The Morgan fingerprint density at radius 2 is 1.86 bits per heavy atom. The number of benzene rings is 1. The highest BCUT2D eigenvalue weighted by Gasteiger charge is 2.15. The van der Waals surface area contributed by atoms with Gasteiger partial charge in [-0.15, -0.1) is 5.11 Å². The highest BCUT2D eigenvalue weighted by atomic mass is 16.7. The molecule has 0 saturated heterocycles. The third-order valence-corrected chi connectivity index (χ3v) is 2.99. The van der Waals surface area contributed by atoms with E-state index in [0.717, 1.165) is 12.8 Å². The van der Waals surface area contributed by atoms with Crippen molar-refractivity contribution in [1.82, 2.24) is 0 Å². The summed E-state index contributed by atoms with van der Waals surface area (Å²) in [6.07, 6.45) is 5.15. The molecule has 0 radical (unpaired) electrons. The Hall–Kier alpha value is -1.75. The fourth-order valence-corrected chi connectivity index (χ4v) is 1.71. The summed E-state index contributed by atoms with van der Waals surface area (Å²) in [6, 6.07) is 9.09. The number of unbranched alkanes of at least 4 members (excludes halogenated alkanes) is 4. The van der Waals surface area contributed by atoms with Gasteiger partial charge in [-0.25, -0.2) is 4.79 Å². The van der Waals surface area contributed by atoms with Crippen LogP contribution in [0.5, 0.6) is 0 Å². The largest absolute Gasteiger partial charge is 0.367 e. The lowest BCUT2D eigenvalue weighted by Gasteiger charge is -2.09. The first kappa shape index (κ1) is 17.3. The Kier molecular flexibility index (Phi) is 9.04. The first-order valence-corrected chi connectivity index (χ1v) is 7.52. The lowest BCUT2D eigenvalue weighted by atomic mass is 10.2. The topological polar surface area (TPSA) is 60.2 Å². The van der Waals surface area contributed by atoms with Crippen LogP contribution in [0.3, 0.4) is 0 Å². The van der Waals surface area contributed by atoms with Gasteiger partial charge in [-0.3, -0.25) is 4.84 Å². The molecular weight excluding hydrogens is 268 g/mol. The van der Waals surface area contributed by atoms with Gasteiger partial charge < -0.3 is 4.74 Å². The minimum atomic E-state index is -0.620. The van der Waals surface area contributed by atoms with E-state index in [2.05, 4.69) is 17.3 Å². The van der Waals surface area contributed by atoms with Crippen molar-refractivity contribution in [2.75, 3.05) is 6.61 Å². The second kappa shape index (κ2) is 11.0. The van der Waals surface area contributed by atoms with Crippen LogP contribution in [0.4, 0.5) is 5.69 Å². The maximum absolute atomic E-state index is 11.6. The van der Waals surface area contributed by atoms with Crippen LogP contribution >= 0.6 is 0 Å². The zero-order chi connectivity index (χ0) is 15.3. The molecule has 0 saturated carbocycles. The Bertz CT molecular complexity index is 421. The molecule has 1 aromatic carbocycles. The summed E-state index contributed by atoms with van der Waals surface area (Å²) >= 11 is 0. The van der Waals surface area contributed by atoms with Crippen LogP contribution in [0.15, 0.2) is 40.7 Å². The van der Waals surface area contributed by atoms with Crippen LogP contribution < -0.4 is 0 Å². The maximum Gasteiger partial charge on any atom is 0.365 e. The highest BCUT2D eigenvalue weighted by Crippen LogP contribution is 2.10. The standard InChI is InChI=1S/C16H24N2O3/c1-3-4-5-6-10-13-20-14(2)16(19)21-18-17-15-11-8-7-9-12-15/h7-9,11-12,14H,3-6,10,13H2,1-2H3/b18-17+. The van der Waals surface area contributed by atoms with E-state index in [9.17, 15) is 4.79 Å². The van der Waals surface area contributed by atoms with E-state index < -0.39 is 12.1 Å². The Morgan fingerprint density at radius 1 is 1.14 bits per heavy atom. The molecule has 21 heavy (non-hydrogen) atoms. The molecule has 116 valence electrons. The van der Waals surface area contributed by atoms with Gasteiger partial charge in [0.2, 0.25) is 0 Å². The molecule has 0 bridgehead atoms. The summed E-state index contributed by atoms with van der Waals surface area (Å²) in [7, 11) is 0. The molecule has 0 aromatic heterocycles. The molecule has 0 heterocycles. The van der Waals surface area contributed by atoms with Gasteiger partial charge in [0.15, 0.2) is 6.10 Å². The molecule has 0 aliphatic carbocycles. The number of hydrogen-bond acceptors (Lipinski definition) is 5. The number of nitrogens with zero attached hydrogens (tertiary/aromatic N) is 2. The van der Waals surface area contributed by atoms with Crippen LogP contribution in [0, 0.1) is 0 Å². The van der Waals surface area contributed by atoms with E-state index >= 15 is 0 Å². The lowest BCUT2D eigenvalue weighted by Crippen LogP contribution is -2.22. The Labute approximate surface area is 126 Å². The zero-order valence-corrected chi connectivity index (χ0v) is 12.8. The fourth-order valence-electron chi connectivity index (χ4n) is 1.71. The molecule has 1 rings (SSSR count). The summed E-state index contributed by atoms with van der Waals surface area (Å²) < 4.78 is 5.41.